The molecule has 0 unspecified atom stereocenters. The Morgan fingerprint density at radius 1 is 1.12 bits per heavy atom. The van der Waals surface area contributed by atoms with Gasteiger partial charge in [0.25, 0.3) is 0 Å². The molecule has 9 atom stereocenters. The second-order valence-corrected chi connectivity index (χ2v) is 19.5. The molecule has 1 amide bonds. The highest BCUT2D eigenvalue weighted by Crippen LogP contribution is 2.61. The number of hydrogen-bond donors (Lipinski definition) is 3. The van der Waals surface area contributed by atoms with Crippen molar-refractivity contribution in [3.63, 3.8) is 0 Å². The summed E-state index contributed by atoms with van der Waals surface area (Å²) < 4.78 is 1.16. The molecule has 2 bridgehead atoms. The largest absolute Gasteiger partial charge is 0.394 e. The predicted octanol–water partition coefficient (Wildman–Crippen LogP) is 6.68. The molecular weight excluding hydrogens is 712 g/mol. The molecule has 3 saturated carbocycles. The van der Waals surface area contributed by atoms with Crippen LogP contribution in [0.5, 0.6) is 0 Å². The van der Waals surface area contributed by atoms with Gasteiger partial charge in [-0.2, -0.15) is 5.06 Å². The summed E-state index contributed by atoms with van der Waals surface area (Å²) in [6.07, 6.45) is 4.50. The van der Waals surface area contributed by atoms with E-state index in [2.05, 4.69) is 102 Å². The van der Waals surface area contributed by atoms with Gasteiger partial charge < -0.3 is 20.4 Å². The van der Waals surface area contributed by atoms with E-state index >= 15 is 0 Å². The van der Waals surface area contributed by atoms with Gasteiger partial charge in [0.05, 0.1) is 23.0 Å². The van der Waals surface area contributed by atoms with E-state index in [-0.39, 0.29) is 18.6 Å². The molecule has 3 N–H and O–H groups in total. The first kappa shape index (κ1) is 38.4. The average Bonchev–Trinajstić information content (AvgIpc) is 3.81. The molecule has 3 heterocycles. The van der Waals surface area contributed by atoms with Crippen molar-refractivity contribution in [3.05, 3.63) is 56.2 Å². The summed E-state index contributed by atoms with van der Waals surface area (Å²) in [5, 5.41) is 26.4. The summed E-state index contributed by atoms with van der Waals surface area (Å²) in [7, 11) is 0. The van der Waals surface area contributed by atoms with Crippen LogP contribution in [0.15, 0.2) is 40.2 Å². The number of nitrogens with zero attached hydrogens (tertiary/aromatic N) is 3. The van der Waals surface area contributed by atoms with Crippen molar-refractivity contribution in [2.24, 2.45) is 35.0 Å². The van der Waals surface area contributed by atoms with E-state index < -0.39 is 24.2 Å². The average molecular weight is 774 g/mol. The SMILES string of the molecule is CC(C)C[C@@H](CN1CCCC1)N(Cc1cccc(CN2O[C@@H](CO)[C@@H]([C@H](C)O)[C@H]2C(=O)N[C@H]2C[C@H]3C[C@H]([C@H]2C)C3(C)C)c1)Cc1ccc(Br)s1. The molecule has 3 aliphatic carbocycles. The van der Waals surface area contributed by atoms with E-state index in [0.717, 1.165) is 41.8 Å². The van der Waals surface area contributed by atoms with Gasteiger partial charge in [-0.05, 0) is 120 Å². The van der Waals surface area contributed by atoms with E-state index in [9.17, 15) is 15.0 Å². The molecule has 5 fully saturated rings. The monoisotopic (exact) mass is 772 g/mol. The number of thiophene rings is 1. The van der Waals surface area contributed by atoms with Gasteiger partial charge in [0.1, 0.15) is 12.1 Å². The van der Waals surface area contributed by atoms with E-state index in [1.54, 1.807) is 12.0 Å². The van der Waals surface area contributed by atoms with Crippen LogP contribution in [0.3, 0.4) is 0 Å². The van der Waals surface area contributed by atoms with E-state index in [0.29, 0.717) is 41.7 Å². The molecule has 2 saturated heterocycles. The quantitative estimate of drug-likeness (QED) is 0.186. The number of rotatable bonds is 15. The summed E-state index contributed by atoms with van der Waals surface area (Å²) in [6.45, 7) is 18.7. The predicted molar refractivity (Wildman–Crippen MR) is 204 cm³/mol. The lowest BCUT2D eigenvalue weighted by molar-refractivity contribution is -0.183. The van der Waals surface area contributed by atoms with Crippen molar-refractivity contribution in [2.45, 2.75) is 124 Å². The lowest BCUT2D eigenvalue weighted by atomic mass is 9.45. The number of fused-ring (bicyclic) bond motifs is 2. The Morgan fingerprint density at radius 3 is 2.48 bits per heavy atom. The molecular formula is C40H61BrN4O4S. The maximum absolute atomic E-state index is 14.2. The first-order chi connectivity index (χ1) is 23.8. The molecule has 2 aromatic rings. The Labute approximate surface area is 313 Å². The van der Waals surface area contributed by atoms with Crippen LogP contribution in [-0.2, 0) is 29.3 Å². The molecule has 1 aromatic carbocycles. The lowest BCUT2D eigenvalue weighted by Gasteiger charge is -2.62. The second kappa shape index (κ2) is 16.3. The van der Waals surface area contributed by atoms with E-state index in [4.69, 9.17) is 4.84 Å². The third-order valence-corrected chi connectivity index (χ3v) is 14.3. The van der Waals surface area contributed by atoms with Crippen LogP contribution in [0.4, 0.5) is 0 Å². The number of amides is 1. The van der Waals surface area contributed by atoms with Crippen molar-refractivity contribution < 1.29 is 19.8 Å². The fourth-order valence-corrected chi connectivity index (χ4v) is 11.3. The van der Waals surface area contributed by atoms with Gasteiger partial charge in [-0.25, -0.2) is 0 Å². The second-order valence-electron chi connectivity index (χ2n) is 17.0. The Morgan fingerprint density at radius 2 is 1.86 bits per heavy atom. The van der Waals surface area contributed by atoms with Crippen molar-refractivity contribution in [2.75, 3.05) is 26.2 Å². The van der Waals surface area contributed by atoms with Gasteiger partial charge in [0.15, 0.2) is 0 Å². The van der Waals surface area contributed by atoms with Gasteiger partial charge in [0, 0.05) is 42.5 Å². The fourth-order valence-electron chi connectivity index (χ4n) is 9.82. The number of halogens is 1. The third-order valence-electron chi connectivity index (χ3n) is 12.7. The lowest BCUT2D eigenvalue weighted by Crippen LogP contribution is -2.62. The minimum atomic E-state index is -0.810. The first-order valence-electron chi connectivity index (χ1n) is 19.1. The Hall–Kier alpha value is -1.37. The number of hydrogen-bond acceptors (Lipinski definition) is 8. The van der Waals surface area contributed by atoms with Crippen LogP contribution in [-0.4, -0.2) is 87.6 Å². The number of aliphatic hydroxyl groups excluding tert-OH is 2. The Kier molecular flexibility index (Phi) is 12.5. The summed E-state index contributed by atoms with van der Waals surface area (Å²) in [5.74, 6) is 1.59. The maximum atomic E-state index is 14.2. The van der Waals surface area contributed by atoms with Crippen molar-refractivity contribution in [1.82, 2.24) is 20.2 Å². The zero-order chi connectivity index (χ0) is 35.7. The molecule has 50 heavy (non-hydrogen) atoms. The zero-order valence-electron chi connectivity index (χ0n) is 31.1. The summed E-state index contributed by atoms with van der Waals surface area (Å²) in [5.41, 5.74) is 2.62. The standard InChI is InChI=1S/C40H61BrN4O4S/c1-25(2)16-31(22-43-14-7-8-15-43)44(23-32-12-13-36(41)50-32)20-28-10-9-11-29(17-28)21-45-38(37(27(4)47)35(24-46)49-45)39(48)42-34-19-30-18-33(26(34)3)40(30,5)6/h9-13,17,25-27,30-31,33-35,37-38,46-47H,7-8,14-16,18-24H2,1-6H3,(H,42,48)/t26-,27+,30-,31+,33-,34+,35+,37-,38+/m1/s1. The van der Waals surface area contributed by atoms with Crippen molar-refractivity contribution >= 4 is 33.2 Å². The molecule has 0 radical (unpaired) electrons. The number of nitrogens with one attached hydrogen (secondary N) is 1. The van der Waals surface area contributed by atoms with Gasteiger partial charge in [0.2, 0.25) is 5.91 Å². The van der Waals surface area contributed by atoms with Gasteiger partial charge >= 0.3 is 0 Å². The van der Waals surface area contributed by atoms with Gasteiger partial charge in [-0.3, -0.25) is 14.5 Å². The first-order valence-corrected chi connectivity index (χ1v) is 20.8. The summed E-state index contributed by atoms with van der Waals surface area (Å²) in [6, 6.07) is 12.9. The highest BCUT2D eigenvalue weighted by molar-refractivity contribution is 9.11. The van der Waals surface area contributed by atoms with E-state index in [1.807, 2.05) is 11.3 Å². The molecule has 278 valence electrons. The summed E-state index contributed by atoms with van der Waals surface area (Å²) in [4.78, 5) is 27.1. The topological polar surface area (TPSA) is 88.5 Å². The minimum Gasteiger partial charge on any atom is -0.394 e. The molecule has 5 aliphatic rings. The zero-order valence-corrected chi connectivity index (χ0v) is 33.5. The molecule has 0 spiro atoms. The molecule has 7 rings (SSSR count). The minimum absolute atomic E-state index is 0.106. The number of carbonyl (C=O) groups is 1. The smallest absolute Gasteiger partial charge is 0.240 e. The van der Waals surface area contributed by atoms with Crippen molar-refractivity contribution in [1.29, 1.82) is 0 Å². The number of hydroxylamine groups is 2. The van der Waals surface area contributed by atoms with Crippen LogP contribution in [0.2, 0.25) is 0 Å². The Balaban J connectivity index is 1.20. The molecule has 2 aliphatic heterocycles. The van der Waals surface area contributed by atoms with Gasteiger partial charge in [-0.1, -0.05) is 58.9 Å². The van der Waals surface area contributed by atoms with Crippen molar-refractivity contribution in [3.8, 4) is 0 Å². The summed E-state index contributed by atoms with van der Waals surface area (Å²) >= 11 is 5.49. The number of likely N-dealkylation sites (tertiary alicyclic amines) is 1. The fraction of sp³-hybridized carbons (Fsp3) is 0.725. The third kappa shape index (κ3) is 8.54. The van der Waals surface area contributed by atoms with Crippen LogP contribution in [0, 0.1) is 35.0 Å². The highest BCUT2D eigenvalue weighted by Gasteiger charge is 2.57. The van der Waals surface area contributed by atoms with Crippen LogP contribution < -0.4 is 5.32 Å². The van der Waals surface area contributed by atoms with Crippen LogP contribution in [0.1, 0.15) is 89.7 Å². The normalized spacial score (nSPS) is 30.9. The molecule has 10 heteroatoms. The Bertz CT molecular complexity index is 1430. The number of carbonyl (C=O) groups excluding carboxylic acids is 1. The van der Waals surface area contributed by atoms with Gasteiger partial charge in [-0.15, -0.1) is 11.3 Å². The molecule has 1 aromatic heterocycles. The molecule has 8 nitrogen and oxygen atoms in total. The number of aliphatic hydroxyl groups is 2. The van der Waals surface area contributed by atoms with E-state index in [1.165, 1.54) is 42.8 Å². The maximum Gasteiger partial charge on any atom is 0.240 e. The van der Waals surface area contributed by atoms with Crippen LogP contribution in [0.25, 0.3) is 0 Å². The van der Waals surface area contributed by atoms with Crippen LogP contribution >= 0.6 is 27.3 Å². The highest BCUT2D eigenvalue weighted by atomic mass is 79.9. The number of benzene rings is 1.